The van der Waals surface area contributed by atoms with Crippen molar-refractivity contribution in [1.29, 1.82) is 0 Å². The minimum Gasteiger partial charge on any atom is -0.396 e. The largest absolute Gasteiger partial charge is 0.396 e. The van der Waals surface area contributed by atoms with Crippen molar-refractivity contribution in [2.75, 3.05) is 6.61 Å². The standard InChI is InChI=1S/C23H48O4/c1-8-12-13-14-15-16-17-22(18-24)23(25-19(5)9-2,26-20(6)10-3)27-21(7)11-4/h19-22,24H,8-18H2,1-7H3. The molecule has 0 aliphatic rings. The Kier molecular flexibility index (Phi) is 15.6. The Morgan fingerprint density at radius 3 is 1.44 bits per heavy atom. The summed E-state index contributed by atoms with van der Waals surface area (Å²) in [5.74, 6) is -1.35. The molecule has 0 aliphatic carbocycles. The van der Waals surface area contributed by atoms with Gasteiger partial charge in [-0.1, -0.05) is 66.2 Å². The van der Waals surface area contributed by atoms with Gasteiger partial charge in [0.15, 0.2) is 0 Å². The Morgan fingerprint density at radius 1 is 0.667 bits per heavy atom. The molecule has 1 N–H and O–H groups in total. The first-order valence-corrected chi connectivity index (χ1v) is 11.5. The van der Waals surface area contributed by atoms with Gasteiger partial charge in [0.25, 0.3) is 5.97 Å². The monoisotopic (exact) mass is 388 g/mol. The highest BCUT2D eigenvalue weighted by molar-refractivity contribution is 4.76. The highest BCUT2D eigenvalue weighted by atomic mass is 16.9. The first-order valence-electron chi connectivity index (χ1n) is 11.5. The van der Waals surface area contributed by atoms with Gasteiger partial charge < -0.3 is 19.3 Å². The van der Waals surface area contributed by atoms with E-state index in [1.165, 1.54) is 32.1 Å². The van der Waals surface area contributed by atoms with Gasteiger partial charge in [0.2, 0.25) is 0 Å². The van der Waals surface area contributed by atoms with E-state index in [0.29, 0.717) is 0 Å². The number of unbranched alkanes of at least 4 members (excludes halogenated alkanes) is 5. The van der Waals surface area contributed by atoms with Gasteiger partial charge in [0, 0.05) is 0 Å². The third-order valence-corrected chi connectivity index (χ3v) is 5.45. The molecular weight excluding hydrogens is 340 g/mol. The van der Waals surface area contributed by atoms with Crippen LogP contribution in [-0.4, -0.2) is 36.0 Å². The molecule has 0 fully saturated rings. The highest BCUT2D eigenvalue weighted by Crippen LogP contribution is 2.35. The molecule has 0 radical (unpaired) electrons. The van der Waals surface area contributed by atoms with Crippen molar-refractivity contribution in [1.82, 2.24) is 0 Å². The van der Waals surface area contributed by atoms with Gasteiger partial charge in [0.1, 0.15) is 0 Å². The molecule has 0 heterocycles. The topological polar surface area (TPSA) is 47.9 Å². The van der Waals surface area contributed by atoms with Crippen LogP contribution in [0.4, 0.5) is 0 Å². The molecule has 0 spiro atoms. The first-order chi connectivity index (χ1) is 12.9. The second kappa shape index (κ2) is 15.7. The van der Waals surface area contributed by atoms with Crippen molar-refractivity contribution < 1.29 is 19.3 Å². The van der Waals surface area contributed by atoms with E-state index >= 15 is 0 Å². The number of ether oxygens (including phenoxy) is 3. The quantitative estimate of drug-likeness (QED) is 0.217. The predicted octanol–water partition coefficient (Wildman–Crippen LogP) is 6.44. The number of hydrogen-bond acceptors (Lipinski definition) is 4. The summed E-state index contributed by atoms with van der Waals surface area (Å²) in [6.07, 6.45) is 10.9. The van der Waals surface area contributed by atoms with Crippen molar-refractivity contribution in [3.63, 3.8) is 0 Å². The van der Waals surface area contributed by atoms with Crippen LogP contribution in [0.5, 0.6) is 0 Å². The molecule has 4 nitrogen and oxygen atoms in total. The minimum absolute atomic E-state index is 0.0108. The van der Waals surface area contributed by atoms with Crippen LogP contribution in [0.15, 0.2) is 0 Å². The molecular formula is C23H48O4. The molecule has 0 rings (SSSR count). The second-order valence-corrected chi connectivity index (χ2v) is 8.05. The third kappa shape index (κ3) is 10.8. The molecule has 0 aromatic carbocycles. The summed E-state index contributed by atoms with van der Waals surface area (Å²) in [6.45, 7) is 14.7. The van der Waals surface area contributed by atoms with Gasteiger partial charge >= 0.3 is 0 Å². The predicted molar refractivity (Wildman–Crippen MR) is 114 cm³/mol. The van der Waals surface area contributed by atoms with Crippen LogP contribution < -0.4 is 0 Å². The SMILES string of the molecule is CCCCCCCCC(CO)C(OC(C)CC)(OC(C)CC)OC(C)CC. The van der Waals surface area contributed by atoms with Crippen LogP contribution in [0.1, 0.15) is 113 Å². The summed E-state index contributed by atoms with van der Waals surface area (Å²) in [6, 6.07) is 0. The fraction of sp³-hybridized carbons (Fsp3) is 1.00. The van der Waals surface area contributed by atoms with Gasteiger partial charge in [-0.15, -0.1) is 0 Å². The van der Waals surface area contributed by atoms with E-state index in [1.807, 2.05) is 20.8 Å². The minimum atomic E-state index is -1.17. The van der Waals surface area contributed by atoms with Crippen LogP contribution in [0, 0.1) is 5.92 Å². The molecule has 0 aliphatic heterocycles. The molecule has 0 amide bonds. The number of aliphatic hydroxyl groups excluding tert-OH is 1. The zero-order chi connectivity index (χ0) is 20.7. The van der Waals surface area contributed by atoms with E-state index in [-0.39, 0.29) is 30.8 Å². The van der Waals surface area contributed by atoms with Crippen molar-refractivity contribution in [2.24, 2.45) is 5.92 Å². The van der Waals surface area contributed by atoms with Crippen molar-refractivity contribution in [3.8, 4) is 0 Å². The van der Waals surface area contributed by atoms with Crippen LogP contribution >= 0.6 is 0 Å². The number of hydrogen-bond donors (Lipinski definition) is 1. The van der Waals surface area contributed by atoms with E-state index in [2.05, 4.69) is 27.7 Å². The zero-order valence-electron chi connectivity index (χ0n) is 19.3. The lowest BCUT2D eigenvalue weighted by Gasteiger charge is -2.43. The fourth-order valence-corrected chi connectivity index (χ4v) is 3.01. The Bertz CT molecular complexity index is 303. The van der Waals surface area contributed by atoms with E-state index < -0.39 is 5.97 Å². The molecule has 4 atom stereocenters. The maximum absolute atomic E-state index is 10.2. The van der Waals surface area contributed by atoms with Gasteiger partial charge in [-0.05, 0) is 46.5 Å². The maximum atomic E-state index is 10.2. The third-order valence-electron chi connectivity index (χ3n) is 5.45. The van der Waals surface area contributed by atoms with Crippen LogP contribution in [0.3, 0.4) is 0 Å². The maximum Gasteiger partial charge on any atom is 0.288 e. The Labute approximate surface area is 169 Å². The molecule has 0 saturated carbocycles. The Morgan fingerprint density at radius 2 is 1.07 bits per heavy atom. The number of aliphatic hydroxyl groups is 1. The van der Waals surface area contributed by atoms with E-state index in [1.54, 1.807) is 0 Å². The number of rotatable bonds is 18. The van der Waals surface area contributed by atoms with E-state index in [9.17, 15) is 5.11 Å². The summed E-state index contributed by atoms with van der Waals surface area (Å²) in [5.41, 5.74) is 0. The van der Waals surface area contributed by atoms with E-state index in [0.717, 1.165) is 32.1 Å². The molecule has 0 aromatic heterocycles. The van der Waals surface area contributed by atoms with Gasteiger partial charge in [0.05, 0.1) is 30.8 Å². The summed E-state index contributed by atoms with van der Waals surface area (Å²) in [4.78, 5) is 0. The average Bonchev–Trinajstić information content (AvgIpc) is 2.66. The van der Waals surface area contributed by atoms with E-state index in [4.69, 9.17) is 14.2 Å². The lowest BCUT2D eigenvalue weighted by Crippen LogP contribution is -2.52. The Balaban J connectivity index is 5.29. The fourth-order valence-electron chi connectivity index (χ4n) is 3.01. The summed E-state index contributed by atoms with van der Waals surface area (Å²) in [7, 11) is 0. The average molecular weight is 389 g/mol. The van der Waals surface area contributed by atoms with Crippen molar-refractivity contribution >= 4 is 0 Å². The molecule has 4 unspecified atom stereocenters. The van der Waals surface area contributed by atoms with Gasteiger partial charge in [-0.2, -0.15) is 0 Å². The normalized spacial score (nSPS) is 18.7. The van der Waals surface area contributed by atoms with Gasteiger partial charge in [-0.3, -0.25) is 0 Å². The first kappa shape index (κ1) is 26.8. The lowest BCUT2D eigenvalue weighted by molar-refractivity contribution is -0.438. The van der Waals surface area contributed by atoms with Crippen molar-refractivity contribution in [2.45, 2.75) is 137 Å². The summed E-state index contributed by atoms with van der Waals surface area (Å²) in [5, 5.41) is 10.2. The van der Waals surface area contributed by atoms with Crippen LogP contribution in [0.2, 0.25) is 0 Å². The molecule has 0 bridgehead atoms. The zero-order valence-corrected chi connectivity index (χ0v) is 19.3. The molecule has 0 aromatic rings. The smallest absolute Gasteiger partial charge is 0.288 e. The molecule has 4 heteroatoms. The summed E-state index contributed by atoms with van der Waals surface area (Å²) < 4.78 is 19.1. The lowest BCUT2D eigenvalue weighted by atomic mass is 9.97. The Hall–Kier alpha value is -0.160. The van der Waals surface area contributed by atoms with Crippen molar-refractivity contribution in [3.05, 3.63) is 0 Å². The van der Waals surface area contributed by atoms with Crippen LogP contribution in [0.25, 0.3) is 0 Å². The van der Waals surface area contributed by atoms with Crippen LogP contribution in [-0.2, 0) is 14.2 Å². The summed E-state index contributed by atoms with van der Waals surface area (Å²) >= 11 is 0. The molecule has 0 saturated heterocycles. The molecule has 27 heavy (non-hydrogen) atoms. The molecule has 164 valence electrons. The highest BCUT2D eigenvalue weighted by Gasteiger charge is 2.45. The second-order valence-electron chi connectivity index (χ2n) is 8.05. The van der Waals surface area contributed by atoms with Gasteiger partial charge in [-0.25, -0.2) is 0 Å².